The third kappa shape index (κ3) is 2.51. The maximum atomic E-state index is 12.1. The zero-order chi connectivity index (χ0) is 16.9. The van der Waals surface area contributed by atoms with Gasteiger partial charge in [0.25, 0.3) is 0 Å². The smallest absolute Gasteiger partial charge is 0.211 e. The van der Waals surface area contributed by atoms with Crippen LogP contribution in [0.3, 0.4) is 0 Å². The van der Waals surface area contributed by atoms with Gasteiger partial charge in [-0.3, -0.25) is 0 Å². The first-order valence-corrected chi connectivity index (χ1v) is 10.6. The van der Waals surface area contributed by atoms with E-state index in [1.165, 1.54) is 12.1 Å². The van der Waals surface area contributed by atoms with Crippen LogP contribution in [0.1, 0.15) is 33.1 Å². The first kappa shape index (κ1) is 16.2. The van der Waals surface area contributed by atoms with Crippen LogP contribution < -0.4 is 14.4 Å². The molecule has 2 saturated heterocycles. The Hall–Kier alpha value is -1.27. The number of nitrogens with one attached hydrogen (secondary N) is 1. The molecule has 5 nitrogen and oxygen atoms in total. The highest BCUT2D eigenvalue weighted by Crippen LogP contribution is 2.69. The van der Waals surface area contributed by atoms with E-state index in [1.807, 2.05) is 26.0 Å². The molecule has 1 spiro atoms. The van der Waals surface area contributed by atoms with Crippen molar-refractivity contribution in [2.24, 2.45) is 11.3 Å². The number of hydrogen-bond donors (Lipinski definition) is 1. The number of nitrogens with zero attached hydrogens (tertiary/aromatic N) is 1. The Morgan fingerprint density at radius 1 is 1.25 bits per heavy atom. The van der Waals surface area contributed by atoms with Crippen molar-refractivity contribution in [1.29, 1.82) is 0 Å². The number of ether oxygens (including phenoxy) is 1. The molecule has 132 valence electrons. The van der Waals surface area contributed by atoms with E-state index >= 15 is 0 Å². The number of anilines is 1. The lowest BCUT2D eigenvalue weighted by Crippen LogP contribution is -2.65. The van der Waals surface area contributed by atoms with Crippen LogP contribution in [0.15, 0.2) is 24.3 Å². The van der Waals surface area contributed by atoms with Gasteiger partial charge < -0.3 is 9.64 Å². The standard InChI is InChI=1S/C18H26N2O3S/c1-3-9-24(21,22)19-17-13-10-18(17)11-16(18)20(12-13)14-5-7-15(8-6-14)23-4-2/h5-8,13,16-17,19H,3-4,9-12H2,1-2H3. The van der Waals surface area contributed by atoms with Crippen molar-refractivity contribution < 1.29 is 13.2 Å². The summed E-state index contributed by atoms with van der Waals surface area (Å²) in [6, 6.07) is 8.93. The Kier molecular flexibility index (Phi) is 3.80. The summed E-state index contributed by atoms with van der Waals surface area (Å²) in [6.45, 7) is 5.52. The van der Waals surface area contributed by atoms with E-state index < -0.39 is 10.0 Å². The van der Waals surface area contributed by atoms with Gasteiger partial charge in [0.15, 0.2) is 0 Å². The molecule has 2 aliphatic heterocycles. The Labute approximate surface area is 144 Å². The number of benzene rings is 1. The Bertz CT molecular complexity index is 718. The second-order valence-corrected chi connectivity index (χ2v) is 9.28. The molecule has 2 bridgehead atoms. The number of piperidine rings is 2. The average Bonchev–Trinajstić information content (AvgIpc) is 3.32. The van der Waals surface area contributed by atoms with E-state index in [-0.39, 0.29) is 17.2 Å². The molecule has 2 heterocycles. The second-order valence-electron chi connectivity index (χ2n) is 7.41. The normalized spacial score (nSPS) is 33.6. The lowest BCUT2D eigenvalue weighted by atomic mass is 9.64. The monoisotopic (exact) mass is 350 g/mol. The highest BCUT2D eigenvalue weighted by molar-refractivity contribution is 7.89. The highest BCUT2D eigenvalue weighted by Gasteiger charge is 2.74. The molecule has 0 aromatic heterocycles. The second kappa shape index (κ2) is 5.63. The summed E-state index contributed by atoms with van der Waals surface area (Å²) >= 11 is 0. The highest BCUT2D eigenvalue weighted by atomic mass is 32.2. The summed E-state index contributed by atoms with van der Waals surface area (Å²) in [5.41, 5.74) is 1.41. The van der Waals surface area contributed by atoms with Crippen molar-refractivity contribution in [1.82, 2.24) is 4.72 Å². The minimum absolute atomic E-state index is 0.151. The van der Waals surface area contributed by atoms with Gasteiger partial charge in [0.1, 0.15) is 5.75 Å². The Morgan fingerprint density at radius 2 is 2.00 bits per heavy atom. The van der Waals surface area contributed by atoms with Gasteiger partial charge in [0.05, 0.1) is 12.4 Å². The molecule has 1 aromatic rings. The summed E-state index contributed by atoms with van der Waals surface area (Å²) in [5.74, 6) is 1.57. The molecule has 2 aliphatic carbocycles. The van der Waals surface area contributed by atoms with Gasteiger partial charge in [-0.15, -0.1) is 0 Å². The number of fused-ring (bicyclic) bond motifs is 1. The van der Waals surface area contributed by atoms with Crippen LogP contribution >= 0.6 is 0 Å². The molecule has 4 unspecified atom stereocenters. The van der Waals surface area contributed by atoms with Crippen LogP contribution in [0.25, 0.3) is 0 Å². The third-order valence-corrected chi connectivity index (χ3v) is 7.43. The van der Waals surface area contributed by atoms with Gasteiger partial charge in [-0.1, -0.05) is 6.92 Å². The van der Waals surface area contributed by atoms with Gasteiger partial charge >= 0.3 is 0 Å². The van der Waals surface area contributed by atoms with Crippen molar-refractivity contribution in [3.8, 4) is 5.75 Å². The van der Waals surface area contributed by atoms with Crippen LogP contribution in [0.5, 0.6) is 5.75 Å². The topological polar surface area (TPSA) is 58.6 Å². The minimum Gasteiger partial charge on any atom is -0.494 e. The zero-order valence-corrected chi connectivity index (χ0v) is 15.2. The average molecular weight is 350 g/mol. The molecule has 1 aromatic carbocycles. The maximum absolute atomic E-state index is 12.1. The lowest BCUT2D eigenvalue weighted by Gasteiger charge is -2.54. The van der Waals surface area contributed by atoms with Gasteiger partial charge in [-0.2, -0.15) is 0 Å². The van der Waals surface area contributed by atoms with E-state index in [9.17, 15) is 8.42 Å². The molecule has 2 saturated carbocycles. The predicted octanol–water partition coefficient (Wildman–Crippen LogP) is 2.38. The molecule has 4 atom stereocenters. The summed E-state index contributed by atoms with van der Waals surface area (Å²) < 4.78 is 32.8. The summed E-state index contributed by atoms with van der Waals surface area (Å²) in [4.78, 5) is 2.47. The molecule has 24 heavy (non-hydrogen) atoms. The first-order chi connectivity index (χ1) is 11.5. The maximum Gasteiger partial charge on any atom is 0.211 e. The Morgan fingerprint density at radius 3 is 2.67 bits per heavy atom. The van der Waals surface area contributed by atoms with Gasteiger partial charge in [0.2, 0.25) is 10.0 Å². The number of hydrogen-bond acceptors (Lipinski definition) is 4. The van der Waals surface area contributed by atoms with Crippen LogP contribution in [0.4, 0.5) is 5.69 Å². The van der Waals surface area contributed by atoms with E-state index in [2.05, 4.69) is 21.8 Å². The van der Waals surface area contributed by atoms with Crippen LogP contribution in [-0.4, -0.2) is 39.4 Å². The van der Waals surface area contributed by atoms with Crippen molar-refractivity contribution in [3.05, 3.63) is 24.3 Å². The molecule has 5 rings (SSSR count). The fourth-order valence-corrected chi connectivity index (χ4v) is 6.26. The van der Waals surface area contributed by atoms with E-state index in [0.717, 1.165) is 18.7 Å². The van der Waals surface area contributed by atoms with E-state index in [4.69, 9.17) is 4.74 Å². The van der Waals surface area contributed by atoms with E-state index in [0.29, 0.717) is 25.0 Å². The van der Waals surface area contributed by atoms with Gasteiger partial charge in [0, 0.05) is 29.7 Å². The fraction of sp³-hybridized carbons (Fsp3) is 0.667. The van der Waals surface area contributed by atoms with Crippen molar-refractivity contribution in [2.75, 3.05) is 23.8 Å². The summed E-state index contributed by atoms with van der Waals surface area (Å²) in [7, 11) is -3.12. The lowest BCUT2D eigenvalue weighted by molar-refractivity contribution is 0.0770. The largest absolute Gasteiger partial charge is 0.494 e. The van der Waals surface area contributed by atoms with Crippen molar-refractivity contribution >= 4 is 15.7 Å². The van der Waals surface area contributed by atoms with Gasteiger partial charge in [-0.05, 0) is 56.4 Å². The van der Waals surface area contributed by atoms with Crippen LogP contribution in [0.2, 0.25) is 0 Å². The molecule has 6 heteroatoms. The number of sulfonamides is 1. The van der Waals surface area contributed by atoms with Crippen LogP contribution in [0, 0.1) is 11.3 Å². The quantitative estimate of drug-likeness (QED) is 0.820. The molecule has 0 amide bonds. The minimum atomic E-state index is -3.12. The molecule has 1 N–H and O–H groups in total. The molecule has 0 radical (unpaired) electrons. The van der Waals surface area contributed by atoms with Crippen LogP contribution in [-0.2, 0) is 10.0 Å². The SMILES string of the molecule is CCCS(=O)(=O)NC1C2CN(c3ccc(OCC)cc3)C3CC13C2. The Balaban J connectivity index is 1.46. The number of rotatable bonds is 7. The first-order valence-electron chi connectivity index (χ1n) is 8.98. The molecular formula is C18H26N2O3S. The van der Waals surface area contributed by atoms with Gasteiger partial charge in [-0.25, -0.2) is 13.1 Å². The third-order valence-electron chi connectivity index (χ3n) is 5.88. The van der Waals surface area contributed by atoms with Crippen molar-refractivity contribution in [2.45, 2.75) is 45.2 Å². The van der Waals surface area contributed by atoms with Crippen molar-refractivity contribution in [3.63, 3.8) is 0 Å². The summed E-state index contributed by atoms with van der Waals surface area (Å²) in [6.07, 6.45) is 2.95. The fourth-order valence-electron chi connectivity index (χ4n) is 4.79. The predicted molar refractivity (Wildman–Crippen MR) is 94.9 cm³/mol. The zero-order valence-electron chi connectivity index (χ0n) is 14.4. The molecule has 4 aliphatic rings. The molecule has 4 fully saturated rings. The molecular weight excluding hydrogens is 324 g/mol. The van der Waals surface area contributed by atoms with E-state index in [1.54, 1.807) is 0 Å². The summed E-state index contributed by atoms with van der Waals surface area (Å²) in [5, 5.41) is 0.